The zero-order valence-corrected chi connectivity index (χ0v) is 13.2. The molecule has 21 heavy (non-hydrogen) atoms. The van der Waals surface area contributed by atoms with Crippen LogP contribution in [-0.4, -0.2) is 11.7 Å². The molecule has 112 valence electrons. The molecule has 5 heteroatoms. The second-order valence-corrected chi connectivity index (χ2v) is 5.17. The fraction of sp³-hybridized carbons (Fsp3) is 0.250. The Balaban J connectivity index is 2.17. The van der Waals surface area contributed by atoms with Crippen molar-refractivity contribution >= 4 is 15.9 Å². The number of hydrogen-bond donors (Lipinski definition) is 1. The van der Waals surface area contributed by atoms with Gasteiger partial charge in [-0.1, -0.05) is 18.2 Å². The fourth-order valence-corrected chi connectivity index (χ4v) is 2.23. The van der Waals surface area contributed by atoms with Crippen LogP contribution in [0.2, 0.25) is 0 Å². The van der Waals surface area contributed by atoms with Crippen molar-refractivity contribution in [1.29, 1.82) is 0 Å². The van der Waals surface area contributed by atoms with E-state index in [4.69, 9.17) is 14.6 Å². The molecule has 0 radical (unpaired) electrons. The predicted molar refractivity (Wildman–Crippen MR) is 82.0 cm³/mol. The van der Waals surface area contributed by atoms with Crippen molar-refractivity contribution < 1.29 is 19.0 Å². The van der Waals surface area contributed by atoms with Crippen molar-refractivity contribution in [3.63, 3.8) is 0 Å². The quantitative estimate of drug-likeness (QED) is 0.850. The van der Waals surface area contributed by atoms with E-state index in [1.54, 1.807) is 30.3 Å². The molecule has 2 rings (SSSR count). The average molecular weight is 355 g/mol. The minimum absolute atomic E-state index is 0.0597. The largest absolute Gasteiger partial charge is 0.490 e. The highest BCUT2D eigenvalue weighted by molar-refractivity contribution is 9.10. The Bertz CT molecular complexity index is 616. The summed E-state index contributed by atoms with van der Waals surface area (Å²) in [5, 5.41) is 9.15. The van der Waals surface area contributed by atoms with Crippen LogP contribution in [-0.2, 0) is 13.2 Å². The van der Waals surface area contributed by atoms with Crippen molar-refractivity contribution in [2.24, 2.45) is 0 Å². The third-order valence-electron chi connectivity index (χ3n) is 2.91. The smallest absolute Gasteiger partial charge is 0.161 e. The first-order valence-electron chi connectivity index (χ1n) is 6.58. The number of hydrogen-bond acceptors (Lipinski definition) is 3. The van der Waals surface area contributed by atoms with Gasteiger partial charge in [0.2, 0.25) is 0 Å². The zero-order valence-electron chi connectivity index (χ0n) is 11.6. The molecular formula is C16H16BrFO3. The van der Waals surface area contributed by atoms with Gasteiger partial charge in [0, 0.05) is 5.56 Å². The molecule has 0 aliphatic carbocycles. The molecule has 0 amide bonds. The molecule has 3 nitrogen and oxygen atoms in total. The van der Waals surface area contributed by atoms with E-state index in [2.05, 4.69) is 15.9 Å². The lowest BCUT2D eigenvalue weighted by molar-refractivity contribution is 0.263. The Morgan fingerprint density at radius 3 is 2.67 bits per heavy atom. The Morgan fingerprint density at radius 1 is 1.14 bits per heavy atom. The monoisotopic (exact) mass is 354 g/mol. The second kappa shape index (κ2) is 7.43. The number of rotatable bonds is 6. The van der Waals surface area contributed by atoms with Crippen LogP contribution < -0.4 is 9.47 Å². The van der Waals surface area contributed by atoms with E-state index in [9.17, 15) is 4.39 Å². The fourth-order valence-electron chi connectivity index (χ4n) is 1.85. The Hall–Kier alpha value is -1.59. The van der Waals surface area contributed by atoms with Crippen molar-refractivity contribution in [2.45, 2.75) is 20.1 Å². The molecule has 0 unspecified atom stereocenters. The van der Waals surface area contributed by atoms with Gasteiger partial charge in [0.25, 0.3) is 0 Å². The van der Waals surface area contributed by atoms with Crippen LogP contribution in [0.3, 0.4) is 0 Å². The lowest BCUT2D eigenvalue weighted by Gasteiger charge is -2.13. The molecule has 0 heterocycles. The SMILES string of the molecule is CCOc1cc(CO)ccc1OCc1cccc(F)c1Br. The van der Waals surface area contributed by atoms with Gasteiger partial charge < -0.3 is 14.6 Å². The van der Waals surface area contributed by atoms with Gasteiger partial charge >= 0.3 is 0 Å². The number of aliphatic hydroxyl groups is 1. The molecule has 0 aliphatic rings. The molecule has 0 saturated heterocycles. The number of ether oxygens (including phenoxy) is 2. The summed E-state index contributed by atoms with van der Waals surface area (Å²) >= 11 is 3.21. The predicted octanol–water partition coefficient (Wildman–Crippen LogP) is 4.06. The van der Waals surface area contributed by atoms with Crippen LogP contribution in [0.4, 0.5) is 4.39 Å². The number of aliphatic hydroxyl groups excluding tert-OH is 1. The Labute approximate surface area is 131 Å². The highest BCUT2D eigenvalue weighted by Gasteiger charge is 2.09. The lowest BCUT2D eigenvalue weighted by Crippen LogP contribution is -2.01. The van der Waals surface area contributed by atoms with Gasteiger partial charge in [-0.3, -0.25) is 0 Å². The number of halogens is 2. The molecule has 0 atom stereocenters. The molecule has 0 spiro atoms. The van der Waals surface area contributed by atoms with Crippen molar-refractivity contribution in [3.8, 4) is 11.5 Å². The van der Waals surface area contributed by atoms with Crippen LogP contribution in [0.25, 0.3) is 0 Å². The summed E-state index contributed by atoms with van der Waals surface area (Å²) in [5.74, 6) is 0.804. The summed E-state index contributed by atoms with van der Waals surface area (Å²) in [6.07, 6.45) is 0. The summed E-state index contributed by atoms with van der Waals surface area (Å²) in [5.41, 5.74) is 1.46. The molecule has 0 bridgehead atoms. The van der Waals surface area contributed by atoms with Gasteiger partial charge in [-0.2, -0.15) is 0 Å². The molecule has 0 saturated carbocycles. The van der Waals surface area contributed by atoms with Gasteiger partial charge in [-0.25, -0.2) is 4.39 Å². The van der Waals surface area contributed by atoms with Gasteiger partial charge in [0.05, 0.1) is 17.7 Å². The molecule has 1 N–H and O–H groups in total. The van der Waals surface area contributed by atoms with Crippen molar-refractivity contribution in [3.05, 3.63) is 57.8 Å². The summed E-state index contributed by atoms with van der Waals surface area (Å²) in [7, 11) is 0. The third kappa shape index (κ3) is 3.95. The van der Waals surface area contributed by atoms with Crippen molar-refractivity contribution in [2.75, 3.05) is 6.61 Å². The van der Waals surface area contributed by atoms with Gasteiger partial charge in [0.15, 0.2) is 11.5 Å². The highest BCUT2D eigenvalue weighted by Crippen LogP contribution is 2.30. The number of benzene rings is 2. The molecule has 0 fully saturated rings. The molecule has 2 aromatic rings. The minimum atomic E-state index is -0.322. The Kier molecular flexibility index (Phi) is 5.59. The van der Waals surface area contributed by atoms with Crippen LogP contribution >= 0.6 is 15.9 Å². The maximum atomic E-state index is 13.4. The summed E-state index contributed by atoms with van der Waals surface area (Å²) < 4.78 is 25.1. The maximum absolute atomic E-state index is 13.4. The van der Waals surface area contributed by atoms with E-state index in [-0.39, 0.29) is 19.0 Å². The molecular weight excluding hydrogens is 339 g/mol. The van der Waals surface area contributed by atoms with Crippen LogP contribution in [0.1, 0.15) is 18.1 Å². The molecule has 0 aromatic heterocycles. The summed E-state index contributed by atoms with van der Waals surface area (Å²) in [6, 6.07) is 10.0. The third-order valence-corrected chi connectivity index (χ3v) is 3.79. The van der Waals surface area contributed by atoms with Crippen LogP contribution in [0.15, 0.2) is 40.9 Å². The van der Waals surface area contributed by atoms with Crippen LogP contribution in [0, 0.1) is 5.82 Å². The first kappa shape index (κ1) is 15.8. The normalized spacial score (nSPS) is 10.5. The van der Waals surface area contributed by atoms with E-state index in [1.165, 1.54) is 6.07 Å². The Morgan fingerprint density at radius 2 is 1.95 bits per heavy atom. The van der Waals surface area contributed by atoms with Crippen LogP contribution in [0.5, 0.6) is 11.5 Å². The molecule has 2 aromatic carbocycles. The zero-order chi connectivity index (χ0) is 15.2. The van der Waals surface area contributed by atoms with Gasteiger partial charge in [-0.15, -0.1) is 0 Å². The van der Waals surface area contributed by atoms with E-state index in [0.717, 1.165) is 5.56 Å². The highest BCUT2D eigenvalue weighted by atomic mass is 79.9. The standard InChI is InChI=1S/C16H16BrFO3/c1-2-20-15-8-11(9-19)6-7-14(15)21-10-12-4-3-5-13(18)16(12)17/h3-8,19H,2,9-10H2,1H3. The minimum Gasteiger partial charge on any atom is -0.490 e. The second-order valence-electron chi connectivity index (χ2n) is 4.37. The van der Waals surface area contributed by atoms with Gasteiger partial charge in [0.1, 0.15) is 12.4 Å². The van der Waals surface area contributed by atoms with E-state index >= 15 is 0 Å². The first-order valence-corrected chi connectivity index (χ1v) is 7.37. The van der Waals surface area contributed by atoms with Crippen molar-refractivity contribution in [1.82, 2.24) is 0 Å². The average Bonchev–Trinajstić information content (AvgIpc) is 2.50. The summed E-state index contributed by atoms with van der Waals surface area (Å²) in [6.45, 7) is 2.53. The van der Waals surface area contributed by atoms with E-state index < -0.39 is 0 Å². The first-order chi connectivity index (χ1) is 10.2. The topological polar surface area (TPSA) is 38.7 Å². The van der Waals surface area contributed by atoms with E-state index in [1.807, 2.05) is 6.92 Å². The molecule has 0 aliphatic heterocycles. The van der Waals surface area contributed by atoms with E-state index in [0.29, 0.717) is 28.1 Å². The maximum Gasteiger partial charge on any atom is 0.161 e. The van der Waals surface area contributed by atoms with Gasteiger partial charge in [-0.05, 0) is 46.6 Å². The summed E-state index contributed by atoms with van der Waals surface area (Å²) in [4.78, 5) is 0. The lowest BCUT2D eigenvalue weighted by atomic mass is 10.2.